The van der Waals surface area contributed by atoms with Crippen molar-refractivity contribution in [2.75, 3.05) is 6.54 Å². The lowest BCUT2D eigenvalue weighted by Crippen LogP contribution is -2.33. The van der Waals surface area contributed by atoms with Crippen molar-refractivity contribution in [1.29, 1.82) is 0 Å². The summed E-state index contributed by atoms with van der Waals surface area (Å²) < 4.78 is 0. The maximum absolute atomic E-state index is 3.70. The van der Waals surface area contributed by atoms with Gasteiger partial charge in [0.1, 0.15) is 0 Å². The highest BCUT2D eigenvalue weighted by atomic mass is 35.5. The topological polar surface area (TPSA) is 12.0 Å². The maximum atomic E-state index is 3.70. The summed E-state index contributed by atoms with van der Waals surface area (Å²) in [6.07, 6.45) is 7.63. The highest BCUT2D eigenvalue weighted by Crippen LogP contribution is 2.44. The Morgan fingerprint density at radius 2 is 1.33 bits per heavy atom. The number of hydrogen-bond donors (Lipinski definition) is 1. The average Bonchev–Trinajstić information content (AvgIpc) is 2.18. The van der Waals surface area contributed by atoms with Crippen molar-refractivity contribution in [2.45, 2.75) is 38.1 Å². The Morgan fingerprint density at radius 1 is 0.750 bits per heavy atom. The van der Waals surface area contributed by atoms with E-state index in [1.165, 1.54) is 19.4 Å². The van der Waals surface area contributed by atoms with Gasteiger partial charge in [0, 0.05) is 6.04 Å². The van der Waals surface area contributed by atoms with E-state index in [0.29, 0.717) is 0 Å². The largest absolute Gasteiger partial charge is 0.314 e. The second kappa shape index (κ2) is 3.19. The molecule has 0 amide bonds. The molecular weight excluding hydrogens is 170 g/mol. The molecule has 0 radical (unpaired) electrons. The van der Waals surface area contributed by atoms with E-state index in [1.54, 1.807) is 19.3 Å². The minimum Gasteiger partial charge on any atom is -0.314 e. The lowest BCUT2D eigenvalue weighted by Gasteiger charge is -2.37. The van der Waals surface area contributed by atoms with Crippen molar-refractivity contribution < 1.29 is 0 Å². The van der Waals surface area contributed by atoms with Gasteiger partial charge in [-0.2, -0.15) is 0 Å². The van der Waals surface area contributed by atoms with E-state index in [1.807, 2.05) is 0 Å². The van der Waals surface area contributed by atoms with Gasteiger partial charge in [0.2, 0.25) is 0 Å². The van der Waals surface area contributed by atoms with E-state index in [4.69, 9.17) is 0 Å². The van der Waals surface area contributed by atoms with Crippen molar-refractivity contribution in [3.8, 4) is 0 Å². The molecule has 70 valence electrons. The lowest BCUT2D eigenvalue weighted by molar-refractivity contribution is 0.156. The minimum atomic E-state index is 0. The number of halogens is 1. The molecule has 2 unspecified atom stereocenters. The molecule has 0 spiro atoms. The summed E-state index contributed by atoms with van der Waals surface area (Å²) in [6, 6.07) is 0.909. The molecular formula is C10H18ClN. The van der Waals surface area contributed by atoms with Gasteiger partial charge in [-0.15, -0.1) is 12.4 Å². The zero-order valence-electron chi connectivity index (χ0n) is 7.46. The van der Waals surface area contributed by atoms with E-state index >= 15 is 0 Å². The molecule has 4 rings (SSSR count). The Morgan fingerprint density at radius 3 is 2.00 bits per heavy atom. The molecule has 2 heteroatoms. The molecule has 0 aromatic carbocycles. The molecule has 4 bridgehead atoms. The van der Waals surface area contributed by atoms with Crippen molar-refractivity contribution in [1.82, 2.24) is 5.32 Å². The average molecular weight is 188 g/mol. The Bertz CT molecular complexity index is 137. The lowest BCUT2D eigenvalue weighted by atomic mass is 9.68. The summed E-state index contributed by atoms with van der Waals surface area (Å²) in [6.45, 7) is 1.33. The Balaban J connectivity index is 0.000000563. The molecule has 2 heterocycles. The van der Waals surface area contributed by atoms with Crippen LogP contribution in [0.2, 0.25) is 0 Å². The zero-order chi connectivity index (χ0) is 7.26. The Labute approximate surface area is 80.7 Å². The van der Waals surface area contributed by atoms with Crippen LogP contribution in [0.25, 0.3) is 0 Å². The molecule has 4 fully saturated rings. The Hall–Kier alpha value is 0.250. The quantitative estimate of drug-likeness (QED) is 0.613. The highest BCUT2D eigenvalue weighted by Gasteiger charge is 2.38. The van der Waals surface area contributed by atoms with Gasteiger partial charge in [0.05, 0.1) is 0 Å². The third-order valence-corrected chi connectivity index (χ3v) is 3.93. The van der Waals surface area contributed by atoms with Crippen LogP contribution in [0.15, 0.2) is 0 Å². The molecule has 4 aliphatic rings. The number of fused-ring (bicyclic) bond motifs is 1. The first-order valence-electron chi connectivity index (χ1n) is 5.13. The third kappa shape index (κ3) is 1.38. The number of hydrogen-bond acceptors (Lipinski definition) is 1. The Kier molecular flexibility index (Phi) is 2.35. The van der Waals surface area contributed by atoms with Crippen LogP contribution < -0.4 is 5.32 Å². The zero-order valence-corrected chi connectivity index (χ0v) is 8.28. The molecule has 2 saturated heterocycles. The number of rotatable bonds is 0. The smallest absolute Gasteiger partial charge is 0.00724 e. The van der Waals surface area contributed by atoms with Crippen molar-refractivity contribution in [3.63, 3.8) is 0 Å². The monoisotopic (exact) mass is 187 g/mol. The van der Waals surface area contributed by atoms with Gasteiger partial charge in [-0.1, -0.05) is 0 Å². The van der Waals surface area contributed by atoms with Crippen molar-refractivity contribution in [3.05, 3.63) is 0 Å². The van der Waals surface area contributed by atoms with Crippen LogP contribution in [0, 0.1) is 17.8 Å². The molecule has 4 atom stereocenters. The summed E-state index contributed by atoms with van der Waals surface area (Å²) >= 11 is 0. The van der Waals surface area contributed by atoms with Crippen LogP contribution in [0.4, 0.5) is 0 Å². The SMILES string of the molecule is C1NC2C[C@H]3CC1C[C@@H](C2)C3.Cl. The molecule has 2 aliphatic carbocycles. The number of nitrogens with one attached hydrogen (secondary N) is 1. The first kappa shape index (κ1) is 8.83. The van der Waals surface area contributed by atoms with E-state index in [9.17, 15) is 0 Å². The second-order valence-corrected chi connectivity index (χ2v) is 4.88. The fraction of sp³-hybridized carbons (Fsp3) is 1.00. The first-order valence-corrected chi connectivity index (χ1v) is 5.13. The van der Waals surface area contributed by atoms with Crippen LogP contribution in [-0.4, -0.2) is 12.6 Å². The van der Waals surface area contributed by atoms with Gasteiger partial charge in [-0.25, -0.2) is 0 Å². The molecule has 0 aromatic rings. The predicted octanol–water partition coefficient (Wildman–Crippen LogP) is 2.21. The van der Waals surface area contributed by atoms with Crippen LogP contribution in [-0.2, 0) is 0 Å². The molecule has 1 N–H and O–H groups in total. The van der Waals surface area contributed by atoms with Crippen LogP contribution in [0.1, 0.15) is 32.1 Å². The van der Waals surface area contributed by atoms with E-state index in [2.05, 4.69) is 5.32 Å². The third-order valence-electron chi connectivity index (χ3n) is 3.93. The van der Waals surface area contributed by atoms with Gasteiger partial charge in [0.25, 0.3) is 0 Å². The molecule has 2 aliphatic heterocycles. The minimum absolute atomic E-state index is 0. The van der Waals surface area contributed by atoms with Gasteiger partial charge < -0.3 is 5.32 Å². The van der Waals surface area contributed by atoms with Gasteiger partial charge in [0.15, 0.2) is 0 Å². The van der Waals surface area contributed by atoms with Gasteiger partial charge >= 0.3 is 0 Å². The standard InChI is InChI=1S/C10H17N.ClH/c1-7-2-9-3-8(1)5-10(4-7)11-6-9;/h7-11H,1-6H2;1H/t7-,8+,9?,10?;. The highest BCUT2D eigenvalue weighted by molar-refractivity contribution is 5.85. The molecule has 1 nitrogen and oxygen atoms in total. The van der Waals surface area contributed by atoms with Gasteiger partial charge in [-0.05, 0) is 56.4 Å². The summed E-state index contributed by atoms with van der Waals surface area (Å²) in [5, 5.41) is 3.70. The van der Waals surface area contributed by atoms with E-state index in [-0.39, 0.29) is 12.4 Å². The molecule has 0 aromatic heterocycles. The van der Waals surface area contributed by atoms with Gasteiger partial charge in [-0.3, -0.25) is 0 Å². The predicted molar refractivity (Wildman–Crippen MR) is 52.6 cm³/mol. The summed E-state index contributed by atoms with van der Waals surface area (Å²) in [7, 11) is 0. The second-order valence-electron chi connectivity index (χ2n) is 4.88. The van der Waals surface area contributed by atoms with Crippen LogP contribution in [0.3, 0.4) is 0 Å². The summed E-state index contributed by atoms with van der Waals surface area (Å²) in [5.41, 5.74) is 0. The summed E-state index contributed by atoms with van der Waals surface area (Å²) in [4.78, 5) is 0. The normalized spacial score (nSPS) is 50.0. The molecule has 2 saturated carbocycles. The molecule has 12 heavy (non-hydrogen) atoms. The van der Waals surface area contributed by atoms with Crippen LogP contribution in [0.5, 0.6) is 0 Å². The first-order chi connectivity index (χ1) is 5.40. The van der Waals surface area contributed by atoms with Crippen LogP contribution >= 0.6 is 12.4 Å². The summed E-state index contributed by atoms with van der Waals surface area (Å²) in [5.74, 6) is 3.26. The maximum Gasteiger partial charge on any atom is 0.00724 e. The van der Waals surface area contributed by atoms with Crippen molar-refractivity contribution >= 4 is 12.4 Å². The van der Waals surface area contributed by atoms with E-state index < -0.39 is 0 Å². The fourth-order valence-corrected chi connectivity index (χ4v) is 3.66. The van der Waals surface area contributed by atoms with E-state index in [0.717, 1.165) is 23.8 Å². The fourth-order valence-electron chi connectivity index (χ4n) is 3.66. The van der Waals surface area contributed by atoms with Crippen molar-refractivity contribution in [2.24, 2.45) is 17.8 Å².